The number of hydrogen-bond donors (Lipinski definition) is 1. The zero-order chi connectivity index (χ0) is 19.7. The Morgan fingerprint density at radius 3 is 1.92 bits per heavy atom. The molecule has 0 spiro atoms. The minimum absolute atomic E-state index is 0.399. The summed E-state index contributed by atoms with van der Waals surface area (Å²) in [5, 5.41) is 10.0. The molecule has 152 valence electrons. The molecule has 8 heteroatoms. The summed E-state index contributed by atoms with van der Waals surface area (Å²) in [6.45, 7) is 20.4. The molecule has 0 bridgehead atoms. The topological polar surface area (TPSA) is 51.2 Å². The second-order valence-electron chi connectivity index (χ2n) is 9.16. The van der Waals surface area contributed by atoms with E-state index in [-0.39, 0.29) is 0 Å². The lowest BCUT2D eigenvalue weighted by molar-refractivity contribution is 0.0208. The quantitative estimate of drug-likeness (QED) is 0.348. The number of aliphatic hydroxyl groups is 1. The molecule has 0 aromatic carbocycles. The maximum Gasteiger partial charge on any atom is 0.314 e. The van der Waals surface area contributed by atoms with Gasteiger partial charge in [-0.1, -0.05) is 6.92 Å². The van der Waals surface area contributed by atoms with Gasteiger partial charge in [-0.05, 0) is 78.3 Å². The van der Waals surface area contributed by atoms with Gasteiger partial charge in [0, 0.05) is 13.2 Å². The highest BCUT2D eigenvalue weighted by atomic mass is 28.5. The van der Waals surface area contributed by atoms with Gasteiger partial charge in [-0.2, -0.15) is 0 Å². The highest BCUT2D eigenvalue weighted by molar-refractivity contribution is 6.87. The van der Waals surface area contributed by atoms with Gasteiger partial charge in [-0.15, -0.1) is 0 Å². The number of rotatable bonds is 14. The molecule has 0 aromatic rings. The maximum atomic E-state index is 10.0. The predicted octanol–water partition coefficient (Wildman–Crippen LogP) is 3.87. The zero-order valence-electron chi connectivity index (χ0n) is 18.1. The van der Waals surface area contributed by atoms with Crippen molar-refractivity contribution in [3.05, 3.63) is 0 Å². The predicted molar refractivity (Wildman–Crippen MR) is 115 cm³/mol. The van der Waals surface area contributed by atoms with Crippen LogP contribution in [0, 0.1) is 0 Å². The third kappa shape index (κ3) is 15.2. The van der Waals surface area contributed by atoms with E-state index >= 15 is 0 Å². The maximum absolute atomic E-state index is 10.0. The Morgan fingerprint density at radius 1 is 0.960 bits per heavy atom. The second-order valence-corrected chi connectivity index (χ2v) is 22.0. The molecule has 0 saturated carbocycles. The average Bonchev–Trinajstić information content (AvgIpc) is 2.33. The van der Waals surface area contributed by atoms with Crippen LogP contribution in [0.15, 0.2) is 0 Å². The van der Waals surface area contributed by atoms with E-state index in [4.69, 9.17) is 13.0 Å². The minimum Gasteiger partial charge on any atom is -0.437 e. The first-order chi connectivity index (χ1) is 11.3. The fourth-order valence-electron chi connectivity index (χ4n) is 3.02. The van der Waals surface area contributed by atoms with Crippen LogP contribution >= 0.6 is 0 Å². The van der Waals surface area contributed by atoms with Crippen LogP contribution in [0.4, 0.5) is 0 Å². The van der Waals surface area contributed by atoms with E-state index in [1.165, 1.54) is 0 Å². The van der Waals surface area contributed by atoms with Gasteiger partial charge < -0.3 is 23.0 Å². The van der Waals surface area contributed by atoms with Gasteiger partial charge in [-0.25, -0.2) is 0 Å². The molecule has 0 heterocycles. The molecule has 1 unspecified atom stereocenters. The number of aliphatic hydroxyl groups excluding tert-OH is 1. The molecule has 5 nitrogen and oxygen atoms in total. The molecule has 0 aliphatic rings. The Kier molecular flexibility index (Phi) is 11.5. The number of hydrogen-bond acceptors (Lipinski definition) is 5. The molecule has 0 aliphatic heterocycles. The van der Waals surface area contributed by atoms with Gasteiger partial charge in [0.15, 0.2) is 16.6 Å². The van der Waals surface area contributed by atoms with Crippen molar-refractivity contribution in [3.8, 4) is 0 Å². The summed E-state index contributed by atoms with van der Waals surface area (Å²) in [6.07, 6.45) is 1.60. The monoisotopic (exact) mass is 409 g/mol. The fraction of sp³-hybridized carbons (Fsp3) is 1.00. The van der Waals surface area contributed by atoms with Crippen molar-refractivity contribution in [1.29, 1.82) is 0 Å². The van der Waals surface area contributed by atoms with Crippen LogP contribution in [0.3, 0.4) is 0 Å². The highest BCUT2D eigenvalue weighted by Crippen LogP contribution is 2.25. The zero-order valence-corrected chi connectivity index (χ0v) is 21.1. The van der Waals surface area contributed by atoms with E-state index in [0.717, 1.165) is 25.4 Å². The Hall–Kier alpha value is 0.451. The summed E-state index contributed by atoms with van der Waals surface area (Å²) in [6, 6.07) is 0.952. The molecule has 0 aromatic heterocycles. The van der Waals surface area contributed by atoms with E-state index in [9.17, 15) is 5.11 Å². The van der Waals surface area contributed by atoms with Gasteiger partial charge in [-0.3, -0.25) is 0 Å². The van der Waals surface area contributed by atoms with Crippen molar-refractivity contribution in [3.63, 3.8) is 0 Å². The molecule has 0 fully saturated rings. The Morgan fingerprint density at radius 2 is 1.48 bits per heavy atom. The van der Waals surface area contributed by atoms with Crippen LogP contribution in [-0.2, 0) is 13.0 Å². The number of nitrogens with zero attached hydrogens (tertiary/aromatic N) is 1. The number of ether oxygens (including phenoxy) is 1. The van der Waals surface area contributed by atoms with E-state index in [2.05, 4.69) is 57.7 Å². The van der Waals surface area contributed by atoms with Crippen molar-refractivity contribution >= 4 is 25.2 Å². The molecular weight excluding hydrogens is 366 g/mol. The van der Waals surface area contributed by atoms with Gasteiger partial charge in [0.05, 0.1) is 12.7 Å². The molecule has 1 atom stereocenters. The molecule has 25 heavy (non-hydrogen) atoms. The summed E-state index contributed by atoms with van der Waals surface area (Å²) < 4.78 is 18.7. The fourth-order valence-corrected chi connectivity index (χ4v) is 15.5. The Bertz CT molecular complexity index is 343. The summed E-state index contributed by atoms with van der Waals surface area (Å²) in [7, 11) is -3.39. The van der Waals surface area contributed by atoms with E-state index in [1.54, 1.807) is 0 Å². The van der Waals surface area contributed by atoms with Crippen LogP contribution in [0.25, 0.3) is 0 Å². The highest BCUT2D eigenvalue weighted by Gasteiger charge is 2.39. The molecule has 0 aliphatic carbocycles. The van der Waals surface area contributed by atoms with Crippen molar-refractivity contribution < 1.29 is 18.1 Å². The van der Waals surface area contributed by atoms with Crippen molar-refractivity contribution in [2.45, 2.75) is 77.7 Å². The first-order valence-corrected chi connectivity index (χ1v) is 18.9. The lowest BCUT2D eigenvalue weighted by Gasteiger charge is -2.38. The summed E-state index contributed by atoms with van der Waals surface area (Å²) in [5.74, 6) is 0. The normalized spacial score (nSPS) is 15.0. The van der Waals surface area contributed by atoms with Crippen molar-refractivity contribution in [2.75, 3.05) is 33.4 Å². The summed E-state index contributed by atoms with van der Waals surface area (Å²) in [4.78, 5) is 2.14. The van der Waals surface area contributed by atoms with E-state index in [0.29, 0.717) is 19.8 Å². The van der Waals surface area contributed by atoms with Crippen molar-refractivity contribution in [1.82, 2.24) is 4.90 Å². The Labute approximate surface area is 159 Å². The molecular formula is C17H43NO4Si3. The lowest BCUT2D eigenvalue weighted by atomic mass is 10.3. The standard InChI is InChI=1S/C17H43NO4Si3/c1-10-12-18(2)15-17(19)16-20-13-11-14-25(9,21-23(3,4)5)22-24(6,7)8/h17,19H,10-16H2,1-9H3. The molecule has 0 saturated heterocycles. The largest absolute Gasteiger partial charge is 0.437 e. The third-order valence-corrected chi connectivity index (χ3v) is 13.0. The van der Waals surface area contributed by atoms with Gasteiger partial charge >= 0.3 is 8.56 Å². The van der Waals surface area contributed by atoms with Crippen LogP contribution in [0.5, 0.6) is 0 Å². The summed E-state index contributed by atoms with van der Waals surface area (Å²) >= 11 is 0. The molecule has 1 N–H and O–H groups in total. The first kappa shape index (κ1) is 25.5. The van der Waals surface area contributed by atoms with Crippen LogP contribution in [-0.4, -0.2) is 74.7 Å². The third-order valence-electron chi connectivity index (χ3n) is 3.40. The minimum atomic E-state index is -2.16. The van der Waals surface area contributed by atoms with Gasteiger partial charge in [0.1, 0.15) is 0 Å². The van der Waals surface area contributed by atoms with Gasteiger partial charge in [0.25, 0.3) is 0 Å². The Balaban J connectivity index is 4.26. The number of likely N-dealkylation sites (N-methyl/N-ethyl adjacent to an activating group) is 1. The lowest BCUT2D eigenvalue weighted by Crippen LogP contribution is -2.52. The SMILES string of the molecule is CCCN(C)CC(O)COCCC[Si](C)(O[Si](C)(C)C)O[Si](C)(C)C. The molecule has 0 rings (SSSR count). The average molecular weight is 410 g/mol. The van der Waals surface area contributed by atoms with Crippen LogP contribution in [0.1, 0.15) is 19.8 Å². The van der Waals surface area contributed by atoms with Gasteiger partial charge in [0.2, 0.25) is 0 Å². The van der Waals surface area contributed by atoms with Crippen LogP contribution < -0.4 is 0 Å². The van der Waals surface area contributed by atoms with E-state index < -0.39 is 31.3 Å². The summed E-state index contributed by atoms with van der Waals surface area (Å²) in [5.41, 5.74) is 0. The van der Waals surface area contributed by atoms with Crippen LogP contribution in [0.2, 0.25) is 51.9 Å². The van der Waals surface area contributed by atoms with E-state index in [1.807, 2.05) is 7.05 Å². The molecule has 0 radical (unpaired) electrons. The smallest absolute Gasteiger partial charge is 0.314 e. The molecule has 0 amide bonds. The first-order valence-electron chi connectivity index (χ1n) is 9.61. The second kappa shape index (κ2) is 11.3. The van der Waals surface area contributed by atoms with Crippen molar-refractivity contribution in [2.24, 2.45) is 0 Å².